The van der Waals surface area contributed by atoms with Crippen LogP contribution in [0.4, 0.5) is 17.1 Å². The Balaban J connectivity index is 1.51. The molecule has 0 unspecified atom stereocenters. The van der Waals surface area contributed by atoms with Gasteiger partial charge in [0.1, 0.15) is 0 Å². The molecule has 9 nitrogen and oxygen atoms in total. The normalized spacial score (nSPS) is 11.0. The van der Waals surface area contributed by atoms with Crippen molar-refractivity contribution in [2.75, 3.05) is 35.1 Å². The van der Waals surface area contributed by atoms with Crippen LogP contribution >= 0.6 is 23.2 Å². The Morgan fingerprint density at radius 3 is 2.47 bits per heavy atom. The van der Waals surface area contributed by atoms with Gasteiger partial charge in [-0.05, 0) is 42.5 Å². The van der Waals surface area contributed by atoms with Gasteiger partial charge in [0.2, 0.25) is 0 Å². The lowest BCUT2D eigenvalue weighted by molar-refractivity contribution is -0.384. The first-order chi connectivity index (χ1) is 16.4. The largest absolute Gasteiger partial charge is 0.369 e. The van der Waals surface area contributed by atoms with E-state index in [1.54, 1.807) is 29.8 Å². The number of carbonyl (C=O) groups is 1. The lowest BCUT2D eigenvalue weighted by Crippen LogP contribution is -2.27. The standard InChI is InChI=1S/C23H22Cl2N6O3/c1-29-14-18(31(33)34)13-21(29)22-27-19-7-2-15(12-20(19)28-22)23(32)26-16-3-5-17(6-4-16)30(10-8-24)11-9-25/h2-7,12-14H,8-11H2,1H3,(H,26,32)(H,27,28). The molecule has 0 saturated heterocycles. The number of alkyl halides is 2. The second kappa shape index (κ2) is 10.1. The molecule has 0 aliphatic rings. The summed E-state index contributed by atoms with van der Waals surface area (Å²) in [5.74, 6) is 1.21. The van der Waals surface area contributed by atoms with Crippen LogP contribution in [0.5, 0.6) is 0 Å². The molecule has 0 aliphatic heterocycles. The quantitative estimate of drug-likeness (QED) is 0.190. The zero-order valence-electron chi connectivity index (χ0n) is 18.3. The topological polar surface area (TPSA) is 109 Å². The Kier molecular flexibility index (Phi) is 7.04. The molecule has 0 spiro atoms. The van der Waals surface area contributed by atoms with Crippen molar-refractivity contribution in [1.82, 2.24) is 14.5 Å². The highest BCUT2D eigenvalue weighted by Crippen LogP contribution is 2.26. The summed E-state index contributed by atoms with van der Waals surface area (Å²) in [5, 5.41) is 13.9. The van der Waals surface area contributed by atoms with E-state index < -0.39 is 4.92 Å². The number of aromatic nitrogens is 3. The minimum Gasteiger partial charge on any atom is -0.369 e. The van der Waals surface area contributed by atoms with Crippen molar-refractivity contribution < 1.29 is 9.72 Å². The summed E-state index contributed by atoms with van der Waals surface area (Å²) in [4.78, 5) is 33.2. The van der Waals surface area contributed by atoms with Crippen molar-refractivity contribution >= 4 is 57.2 Å². The van der Waals surface area contributed by atoms with Gasteiger partial charge in [-0.25, -0.2) is 4.98 Å². The number of nitrogens with zero attached hydrogens (tertiary/aromatic N) is 4. The second-order valence-corrected chi connectivity index (χ2v) is 8.39. The minimum absolute atomic E-state index is 0.0162. The van der Waals surface area contributed by atoms with Gasteiger partial charge in [0.05, 0.1) is 27.8 Å². The van der Waals surface area contributed by atoms with Gasteiger partial charge >= 0.3 is 0 Å². The van der Waals surface area contributed by atoms with Gasteiger partial charge in [-0.15, -0.1) is 23.2 Å². The van der Waals surface area contributed by atoms with Gasteiger partial charge in [-0.3, -0.25) is 14.9 Å². The number of benzene rings is 2. The number of aromatic amines is 1. The molecule has 176 valence electrons. The number of imidazole rings is 1. The van der Waals surface area contributed by atoms with Gasteiger partial charge in [-0.1, -0.05) is 0 Å². The zero-order chi connectivity index (χ0) is 24.2. The van der Waals surface area contributed by atoms with Gasteiger partial charge in [-0.2, -0.15) is 0 Å². The number of halogens is 2. The second-order valence-electron chi connectivity index (χ2n) is 7.63. The van der Waals surface area contributed by atoms with Crippen molar-refractivity contribution in [3.63, 3.8) is 0 Å². The minimum atomic E-state index is -0.450. The van der Waals surface area contributed by atoms with Crippen molar-refractivity contribution in [1.29, 1.82) is 0 Å². The summed E-state index contributed by atoms with van der Waals surface area (Å²) in [6, 6.07) is 14.1. The van der Waals surface area contributed by atoms with E-state index in [1.807, 2.05) is 24.3 Å². The molecule has 2 aromatic heterocycles. The summed E-state index contributed by atoms with van der Waals surface area (Å²) >= 11 is 11.7. The number of fused-ring (bicyclic) bond motifs is 1. The number of aryl methyl sites for hydroxylation is 1. The Labute approximate surface area is 205 Å². The Morgan fingerprint density at radius 2 is 1.85 bits per heavy atom. The first-order valence-corrected chi connectivity index (χ1v) is 11.6. The molecular formula is C23H22Cl2N6O3. The summed E-state index contributed by atoms with van der Waals surface area (Å²) in [6.07, 6.45) is 1.43. The molecular weight excluding hydrogens is 479 g/mol. The molecule has 4 aromatic rings. The third-order valence-corrected chi connectivity index (χ3v) is 5.73. The average Bonchev–Trinajstić information content (AvgIpc) is 3.42. The molecule has 4 rings (SSSR count). The van der Waals surface area contributed by atoms with Gasteiger partial charge in [0.25, 0.3) is 11.6 Å². The highest BCUT2D eigenvalue weighted by Gasteiger charge is 2.17. The first-order valence-electron chi connectivity index (χ1n) is 10.5. The molecule has 34 heavy (non-hydrogen) atoms. The molecule has 2 heterocycles. The number of nitrogens with one attached hydrogen (secondary N) is 2. The number of H-pyrrole nitrogens is 1. The van der Waals surface area contributed by atoms with E-state index in [4.69, 9.17) is 23.2 Å². The molecule has 2 aromatic carbocycles. The number of nitro groups is 1. The Bertz CT molecular complexity index is 1330. The van der Waals surface area contributed by atoms with Crippen LogP contribution in [0.25, 0.3) is 22.6 Å². The zero-order valence-corrected chi connectivity index (χ0v) is 19.8. The van der Waals surface area contributed by atoms with E-state index in [9.17, 15) is 14.9 Å². The smallest absolute Gasteiger partial charge is 0.287 e. The molecule has 11 heteroatoms. The number of carbonyl (C=O) groups excluding carboxylic acids is 1. The van der Waals surface area contributed by atoms with Crippen LogP contribution < -0.4 is 10.2 Å². The molecule has 0 radical (unpaired) electrons. The third-order valence-electron chi connectivity index (χ3n) is 5.39. The molecule has 0 fully saturated rings. The van der Waals surface area contributed by atoms with Crippen LogP contribution in [-0.4, -0.2) is 50.2 Å². The van der Waals surface area contributed by atoms with Crippen LogP contribution in [0.2, 0.25) is 0 Å². The van der Waals surface area contributed by atoms with E-state index in [0.29, 0.717) is 58.7 Å². The maximum Gasteiger partial charge on any atom is 0.287 e. The number of anilines is 2. The van der Waals surface area contributed by atoms with Crippen molar-refractivity contribution in [3.8, 4) is 11.5 Å². The van der Waals surface area contributed by atoms with Crippen LogP contribution in [0.3, 0.4) is 0 Å². The SMILES string of the molecule is Cn1cc([N+](=O)[O-])cc1-c1nc2ccc(C(=O)Nc3ccc(N(CCCl)CCCl)cc3)cc2[nH]1. The molecule has 1 amide bonds. The fourth-order valence-electron chi connectivity index (χ4n) is 3.69. The summed E-state index contributed by atoms with van der Waals surface area (Å²) < 4.78 is 1.63. The van der Waals surface area contributed by atoms with Crippen LogP contribution in [0.15, 0.2) is 54.7 Å². The predicted octanol–water partition coefficient (Wildman–Crippen LogP) is 5.01. The van der Waals surface area contributed by atoms with Crippen LogP contribution in [0.1, 0.15) is 10.4 Å². The number of hydrogen-bond acceptors (Lipinski definition) is 5. The summed E-state index contributed by atoms with van der Waals surface area (Å²) in [7, 11) is 1.71. The molecule has 0 atom stereocenters. The van der Waals surface area contributed by atoms with E-state index in [1.165, 1.54) is 12.3 Å². The van der Waals surface area contributed by atoms with Gasteiger partial charge < -0.3 is 19.8 Å². The van der Waals surface area contributed by atoms with Crippen molar-refractivity contribution in [3.05, 3.63) is 70.4 Å². The van der Waals surface area contributed by atoms with Gasteiger partial charge in [0, 0.05) is 54.9 Å². The fraction of sp³-hybridized carbons (Fsp3) is 0.217. The van der Waals surface area contributed by atoms with E-state index >= 15 is 0 Å². The maximum absolute atomic E-state index is 12.8. The molecule has 0 aliphatic carbocycles. The first kappa shape index (κ1) is 23.6. The van der Waals surface area contributed by atoms with Crippen LogP contribution in [0, 0.1) is 10.1 Å². The average molecular weight is 501 g/mol. The highest BCUT2D eigenvalue weighted by molar-refractivity contribution is 6.18. The van der Waals surface area contributed by atoms with Crippen molar-refractivity contribution in [2.24, 2.45) is 7.05 Å². The third kappa shape index (κ3) is 5.00. The number of amides is 1. The molecule has 2 N–H and O–H groups in total. The molecule has 0 bridgehead atoms. The van der Waals surface area contributed by atoms with Gasteiger partial charge in [0.15, 0.2) is 5.82 Å². The Morgan fingerprint density at radius 1 is 1.15 bits per heavy atom. The number of hydrogen-bond donors (Lipinski definition) is 2. The van der Waals surface area contributed by atoms with Crippen molar-refractivity contribution in [2.45, 2.75) is 0 Å². The summed E-state index contributed by atoms with van der Waals surface area (Å²) in [5.41, 5.74) is 3.95. The summed E-state index contributed by atoms with van der Waals surface area (Å²) in [6.45, 7) is 1.37. The Hall–Kier alpha value is -3.56. The lowest BCUT2D eigenvalue weighted by Gasteiger charge is -2.23. The van der Waals surface area contributed by atoms with E-state index in [0.717, 1.165) is 5.69 Å². The van der Waals surface area contributed by atoms with Crippen LogP contribution in [-0.2, 0) is 7.05 Å². The number of rotatable bonds is 9. The molecule has 0 saturated carbocycles. The monoisotopic (exact) mass is 500 g/mol. The van der Waals surface area contributed by atoms with E-state index in [2.05, 4.69) is 20.2 Å². The predicted molar refractivity (Wildman–Crippen MR) is 135 cm³/mol. The fourth-order valence-corrected chi connectivity index (χ4v) is 4.10. The lowest BCUT2D eigenvalue weighted by atomic mass is 10.2. The van der Waals surface area contributed by atoms with E-state index in [-0.39, 0.29) is 11.6 Å². The highest BCUT2D eigenvalue weighted by atomic mass is 35.5. The maximum atomic E-state index is 12.8.